The van der Waals surface area contributed by atoms with E-state index in [0.717, 1.165) is 17.9 Å². The summed E-state index contributed by atoms with van der Waals surface area (Å²) in [6.45, 7) is 7.76. The molecule has 0 aliphatic heterocycles. The van der Waals surface area contributed by atoms with Crippen LogP contribution in [-0.4, -0.2) is 30.9 Å². The molecule has 0 fully saturated rings. The largest absolute Gasteiger partial charge is 0.491 e. The highest BCUT2D eigenvalue weighted by Crippen LogP contribution is 2.12. The lowest BCUT2D eigenvalue weighted by Crippen LogP contribution is -2.31. The number of allylic oxidation sites excluding steroid dienone is 1. The molecule has 0 saturated carbocycles. The lowest BCUT2D eigenvalue weighted by molar-refractivity contribution is 0.107. The molecule has 3 nitrogen and oxygen atoms in total. The second-order valence-corrected chi connectivity index (χ2v) is 4.72. The molecule has 2 N–H and O–H groups in total. The Balaban J connectivity index is 2.21. The van der Waals surface area contributed by atoms with Gasteiger partial charge >= 0.3 is 0 Å². The van der Waals surface area contributed by atoms with Crippen molar-refractivity contribution < 1.29 is 9.84 Å². The first-order valence-electron chi connectivity index (χ1n) is 6.29. The third kappa shape index (κ3) is 6.42. The number of benzene rings is 1. The van der Waals surface area contributed by atoms with Crippen LogP contribution >= 0.6 is 0 Å². The van der Waals surface area contributed by atoms with E-state index < -0.39 is 6.10 Å². The van der Waals surface area contributed by atoms with Crippen molar-refractivity contribution in [3.05, 3.63) is 41.5 Å². The fraction of sp³-hybridized carbons (Fsp3) is 0.467. The molecule has 0 spiro atoms. The van der Waals surface area contributed by atoms with E-state index in [2.05, 4.69) is 25.2 Å². The summed E-state index contributed by atoms with van der Waals surface area (Å²) in [5.41, 5.74) is 2.43. The van der Waals surface area contributed by atoms with Gasteiger partial charge in [0.25, 0.3) is 0 Å². The van der Waals surface area contributed by atoms with Gasteiger partial charge in [-0.25, -0.2) is 0 Å². The minimum absolute atomic E-state index is 0.311. The summed E-state index contributed by atoms with van der Waals surface area (Å²) in [5, 5.41) is 12.9. The Morgan fingerprint density at radius 3 is 2.89 bits per heavy atom. The zero-order chi connectivity index (χ0) is 13.4. The van der Waals surface area contributed by atoms with E-state index in [1.165, 1.54) is 5.57 Å². The first kappa shape index (κ1) is 14.7. The van der Waals surface area contributed by atoms with E-state index in [9.17, 15) is 5.11 Å². The summed E-state index contributed by atoms with van der Waals surface area (Å²) in [5.74, 6) is 0.804. The van der Waals surface area contributed by atoms with Crippen LogP contribution in [0.5, 0.6) is 5.75 Å². The summed E-state index contributed by atoms with van der Waals surface area (Å²) in [6, 6.07) is 7.83. The van der Waals surface area contributed by atoms with Gasteiger partial charge in [-0.05, 0) is 38.5 Å². The van der Waals surface area contributed by atoms with Gasteiger partial charge in [-0.3, -0.25) is 0 Å². The molecular formula is C15H23NO2. The second-order valence-electron chi connectivity index (χ2n) is 4.72. The van der Waals surface area contributed by atoms with Crippen molar-refractivity contribution in [1.82, 2.24) is 5.32 Å². The molecule has 1 aromatic rings. The summed E-state index contributed by atoms with van der Waals surface area (Å²) >= 11 is 0. The maximum absolute atomic E-state index is 9.74. The van der Waals surface area contributed by atoms with Crippen LogP contribution in [0.2, 0.25) is 0 Å². The molecule has 0 aromatic heterocycles. The van der Waals surface area contributed by atoms with Gasteiger partial charge in [0.2, 0.25) is 0 Å². The quantitative estimate of drug-likeness (QED) is 0.575. The minimum atomic E-state index is -0.490. The predicted octanol–water partition coefficient (Wildman–Crippen LogP) is 2.29. The molecular weight excluding hydrogens is 226 g/mol. The molecule has 1 aromatic carbocycles. The summed E-state index contributed by atoms with van der Waals surface area (Å²) in [4.78, 5) is 0. The Morgan fingerprint density at radius 2 is 2.22 bits per heavy atom. The molecule has 1 atom stereocenters. The molecule has 3 heteroatoms. The zero-order valence-corrected chi connectivity index (χ0v) is 11.4. The van der Waals surface area contributed by atoms with Gasteiger partial charge in [-0.15, -0.1) is 0 Å². The van der Waals surface area contributed by atoms with Crippen LogP contribution in [0, 0.1) is 6.92 Å². The zero-order valence-electron chi connectivity index (χ0n) is 11.4. The van der Waals surface area contributed by atoms with Gasteiger partial charge in [0.1, 0.15) is 18.5 Å². The summed E-state index contributed by atoms with van der Waals surface area (Å²) in [7, 11) is 0. The van der Waals surface area contributed by atoms with E-state index in [4.69, 9.17) is 4.74 Å². The number of aliphatic hydroxyl groups is 1. The Labute approximate surface area is 109 Å². The number of rotatable bonds is 7. The van der Waals surface area contributed by atoms with Crippen LogP contribution in [0.15, 0.2) is 35.9 Å². The number of aryl methyl sites for hydroxylation is 1. The first-order valence-corrected chi connectivity index (χ1v) is 6.29. The maximum atomic E-state index is 9.74. The van der Waals surface area contributed by atoms with Crippen LogP contribution in [0.3, 0.4) is 0 Å². The SMILES string of the molecule is CC(C)=CCNCC(O)COc1cccc(C)c1. The molecule has 100 valence electrons. The Kier molecular flexibility index (Phi) is 6.47. The van der Waals surface area contributed by atoms with Crippen molar-refractivity contribution in [1.29, 1.82) is 0 Å². The van der Waals surface area contributed by atoms with Crippen molar-refractivity contribution in [3.8, 4) is 5.75 Å². The van der Waals surface area contributed by atoms with Crippen molar-refractivity contribution in [2.24, 2.45) is 0 Å². The maximum Gasteiger partial charge on any atom is 0.119 e. The normalized spacial score (nSPS) is 12.0. The number of ether oxygens (including phenoxy) is 1. The van der Waals surface area contributed by atoms with Gasteiger partial charge in [0, 0.05) is 13.1 Å². The standard InChI is InChI=1S/C15H23NO2/c1-12(2)7-8-16-10-14(17)11-18-15-6-4-5-13(3)9-15/h4-7,9,14,16-17H,8,10-11H2,1-3H3. The molecule has 0 aliphatic carbocycles. The molecule has 0 saturated heterocycles. The number of hydrogen-bond donors (Lipinski definition) is 2. The fourth-order valence-corrected chi connectivity index (χ4v) is 1.48. The van der Waals surface area contributed by atoms with Crippen molar-refractivity contribution in [3.63, 3.8) is 0 Å². The third-order valence-electron chi connectivity index (χ3n) is 2.47. The first-order chi connectivity index (χ1) is 8.58. The number of nitrogens with one attached hydrogen (secondary N) is 1. The predicted molar refractivity (Wildman–Crippen MR) is 75.0 cm³/mol. The molecule has 18 heavy (non-hydrogen) atoms. The Hall–Kier alpha value is -1.32. The van der Waals surface area contributed by atoms with Gasteiger partial charge < -0.3 is 15.2 Å². The lowest BCUT2D eigenvalue weighted by atomic mass is 10.2. The molecule has 0 heterocycles. The summed E-state index contributed by atoms with van der Waals surface area (Å²) < 4.78 is 5.52. The minimum Gasteiger partial charge on any atom is -0.491 e. The van der Waals surface area contributed by atoms with E-state index >= 15 is 0 Å². The average molecular weight is 249 g/mol. The van der Waals surface area contributed by atoms with E-state index in [1.54, 1.807) is 0 Å². The van der Waals surface area contributed by atoms with Gasteiger partial charge in [-0.1, -0.05) is 23.8 Å². The molecule has 0 aliphatic rings. The van der Waals surface area contributed by atoms with Crippen molar-refractivity contribution >= 4 is 0 Å². The smallest absolute Gasteiger partial charge is 0.119 e. The number of hydrogen-bond acceptors (Lipinski definition) is 3. The van der Waals surface area contributed by atoms with Gasteiger partial charge in [0.15, 0.2) is 0 Å². The lowest BCUT2D eigenvalue weighted by Gasteiger charge is -2.13. The average Bonchev–Trinajstić information content (AvgIpc) is 2.32. The fourth-order valence-electron chi connectivity index (χ4n) is 1.48. The molecule has 0 amide bonds. The van der Waals surface area contributed by atoms with Crippen molar-refractivity contribution in [2.45, 2.75) is 26.9 Å². The molecule has 1 rings (SSSR count). The van der Waals surface area contributed by atoms with E-state index in [0.29, 0.717) is 13.2 Å². The van der Waals surface area contributed by atoms with Gasteiger partial charge in [-0.2, -0.15) is 0 Å². The molecule has 0 bridgehead atoms. The monoisotopic (exact) mass is 249 g/mol. The topological polar surface area (TPSA) is 41.5 Å². The Bertz CT molecular complexity index is 384. The highest BCUT2D eigenvalue weighted by molar-refractivity contribution is 5.27. The van der Waals surface area contributed by atoms with E-state index in [-0.39, 0.29) is 0 Å². The highest BCUT2D eigenvalue weighted by Gasteiger charge is 2.04. The van der Waals surface area contributed by atoms with Crippen LogP contribution in [0.25, 0.3) is 0 Å². The molecule has 0 radical (unpaired) electrons. The Morgan fingerprint density at radius 1 is 1.44 bits per heavy atom. The third-order valence-corrected chi connectivity index (χ3v) is 2.47. The number of aliphatic hydroxyl groups excluding tert-OH is 1. The highest BCUT2D eigenvalue weighted by atomic mass is 16.5. The van der Waals surface area contributed by atoms with Crippen molar-refractivity contribution in [2.75, 3.05) is 19.7 Å². The second kappa shape index (κ2) is 7.90. The van der Waals surface area contributed by atoms with Crippen LogP contribution in [-0.2, 0) is 0 Å². The van der Waals surface area contributed by atoms with Crippen LogP contribution in [0.1, 0.15) is 19.4 Å². The van der Waals surface area contributed by atoms with Gasteiger partial charge in [0.05, 0.1) is 0 Å². The van der Waals surface area contributed by atoms with Crippen LogP contribution < -0.4 is 10.1 Å². The summed E-state index contributed by atoms with van der Waals surface area (Å²) in [6.07, 6.45) is 1.60. The molecule has 1 unspecified atom stereocenters. The van der Waals surface area contributed by atoms with Crippen LogP contribution in [0.4, 0.5) is 0 Å². The van der Waals surface area contributed by atoms with E-state index in [1.807, 2.05) is 31.2 Å².